The van der Waals surface area contributed by atoms with E-state index in [0.717, 1.165) is 27.2 Å². The number of nitrogens with zero attached hydrogens (tertiary/aromatic N) is 2. The molecule has 2 heterocycles. The third kappa shape index (κ3) is 4.02. The Hall–Kier alpha value is -0.430. The SMILES string of the molecule is CNCc1cc(Br)cnc1N(C)Cc1csc(Br)c1. The minimum absolute atomic E-state index is 0.805. The predicted octanol–water partition coefficient (Wildman–Crippen LogP) is 4.02. The van der Waals surface area contributed by atoms with Crippen LogP contribution in [0.1, 0.15) is 11.1 Å². The van der Waals surface area contributed by atoms with Gasteiger partial charge < -0.3 is 10.2 Å². The number of thiophene rings is 1. The summed E-state index contributed by atoms with van der Waals surface area (Å²) in [6.07, 6.45) is 1.84. The summed E-state index contributed by atoms with van der Waals surface area (Å²) in [4.78, 5) is 6.70. The first-order valence-electron chi connectivity index (χ1n) is 5.83. The van der Waals surface area contributed by atoms with Crippen molar-refractivity contribution in [3.63, 3.8) is 0 Å². The van der Waals surface area contributed by atoms with Crippen LogP contribution in [-0.2, 0) is 13.1 Å². The average molecular weight is 405 g/mol. The van der Waals surface area contributed by atoms with E-state index in [4.69, 9.17) is 0 Å². The first kappa shape index (κ1) is 15.0. The molecule has 0 radical (unpaired) electrons. The molecular formula is C13H15Br2N3S. The molecule has 0 saturated heterocycles. The fourth-order valence-electron chi connectivity index (χ4n) is 1.92. The number of pyridine rings is 1. The van der Waals surface area contributed by atoms with Gasteiger partial charge in [0.1, 0.15) is 5.82 Å². The van der Waals surface area contributed by atoms with E-state index < -0.39 is 0 Å². The van der Waals surface area contributed by atoms with Crippen molar-refractivity contribution in [2.24, 2.45) is 0 Å². The predicted molar refractivity (Wildman–Crippen MR) is 88.8 cm³/mol. The Morgan fingerprint density at radius 1 is 1.37 bits per heavy atom. The van der Waals surface area contributed by atoms with Gasteiger partial charge in [-0.1, -0.05) is 0 Å². The van der Waals surface area contributed by atoms with Crippen molar-refractivity contribution in [1.29, 1.82) is 0 Å². The number of hydrogen-bond acceptors (Lipinski definition) is 4. The first-order valence-corrected chi connectivity index (χ1v) is 8.30. The molecule has 2 aromatic rings. The van der Waals surface area contributed by atoms with Crippen molar-refractivity contribution in [3.8, 4) is 0 Å². The van der Waals surface area contributed by atoms with Crippen LogP contribution in [0, 0.1) is 0 Å². The van der Waals surface area contributed by atoms with Crippen LogP contribution >= 0.6 is 43.2 Å². The summed E-state index contributed by atoms with van der Waals surface area (Å²) in [6.45, 7) is 1.66. The second kappa shape index (κ2) is 6.83. The molecule has 0 aliphatic heterocycles. The fraction of sp³-hybridized carbons (Fsp3) is 0.308. The lowest BCUT2D eigenvalue weighted by Gasteiger charge is -2.21. The van der Waals surface area contributed by atoms with E-state index in [1.54, 1.807) is 11.3 Å². The monoisotopic (exact) mass is 403 g/mol. The highest BCUT2D eigenvalue weighted by Gasteiger charge is 2.10. The van der Waals surface area contributed by atoms with Crippen LogP contribution in [0.2, 0.25) is 0 Å². The molecule has 0 bridgehead atoms. The molecule has 2 aromatic heterocycles. The third-order valence-corrected chi connectivity index (χ3v) is 4.67. The number of aromatic nitrogens is 1. The van der Waals surface area contributed by atoms with Gasteiger partial charge in [-0.25, -0.2) is 4.98 Å². The van der Waals surface area contributed by atoms with Gasteiger partial charge in [0.25, 0.3) is 0 Å². The Balaban J connectivity index is 2.20. The molecule has 3 nitrogen and oxygen atoms in total. The lowest BCUT2D eigenvalue weighted by molar-refractivity contribution is 0.795. The molecule has 0 amide bonds. The second-order valence-electron chi connectivity index (χ2n) is 4.28. The van der Waals surface area contributed by atoms with E-state index in [1.165, 1.54) is 11.1 Å². The fourth-order valence-corrected chi connectivity index (χ4v) is 3.49. The Morgan fingerprint density at radius 3 is 2.79 bits per heavy atom. The zero-order valence-electron chi connectivity index (χ0n) is 10.8. The van der Waals surface area contributed by atoms with E-state index in [-0.39, 0.29) is 0 Å². The maximum absolute atomic E-state index is 4.53. The van der Waals surface area contributed by atoms with Gasteiger partial charge in [0.15, 0.2) is 0 Å². The molecule has 102 valence electrons. The maximum Gasteiger partial charge on any atom is 0.133 e. The minimum Gasteiger partial charge on any atom is -0.355 e. The van der Waals surface area contributed by atoms with Gasteiger partial charge >= 0.3 is 0 Å². The molecule has 19 heavy (non-hydrogen) atoms. The van der Waals surface area contributed by atoms with Gasteiger partial charge in [-0.2, -0.15) is 0 Å². The largest absolute Gasteiger partial charge is 0.355 e. The number of rotatable bonds is 5. The van der Waals surface area contributed by atoms with E-state index in [9.17, 15) is 0 Å². The van der Waals surface area contributed by atoms with Gasteiger partial charge in [-0.15, -0.1) is 11.3 Å². The summed E-state index contributed by atoms with van der Waals surface area (Å²) in [5.74, 6) is 1.01. The number of nitrogens with one attached hydrogen (secondary N) is 1. The Bertz CT molecular complexity index is 557. The lowest BCUT2D eigenvalue weighted by Crippen LogP contribution is -2.20. The molecular weight excluding hydrogens is 390 g/mol. The summed E-state index contributed by atoms with van der Waals surface area (Å²) < 4.78 is 2.17. The molecule has 0 saturated carbocycles. The van der Waals surface area contributed by atoms with Crippen LogP contribution in [0.5, 0.6) is 0 Å². The third-order valence-electron chi connectivity index (χ3n) is 2.68. The van der Waals surface area contributed by atoms with Gasteiger partial charge in [0, 0.05) is 36.4 Å². The molecule has 0 spiro atoms. The lowest BCUT2D eigenvalue weighted by atomic mass is 10.2. The normalized spacial score (nSPS) is 10.7. The van der Waals surface area contributed by atoms with Crippen molar-refractivity contribution < 1.29 is 0 Å². The van der Waals surface area contributed by atoms with Gasteiger partial charge in [-0.05, 0) is 62.0 Å². The van der Waals surface area contributed by atoms with Crippen LogP contribution in [-0.4, -0.2) is 19.1 Å². The van der Waals surface area contributed by atoms with Crippen molar-refractivity contribution >= 4 is 49.0 Å². The Labute approximate surface area is 134 Å². The van der Waals surface area contributed by atoms with E-state index in [1.807, 2.05) is 13.2 Å². The number of halogens is 2. The zero-order chi connectivity index (χ0) is 13.8. The average Bonchev–Trinajstić information content (AvgIpc) is 2.75. The molecule has 0 fully saturated rings. The molecule has 0 aromatic carbocycles. The molecule has 2 rings (SSSR count). The van der Waals surface area contributed by atoms with E-state index >= 15 is 0 Å². The molecule has 6 heteroatoms. The smallest absolute Gasteiger partial charge is 0.133 e. The zero-order valence-corrected chi connectivity index (χ0v) is 14.8. The standard InChI is InChI=1S/C13H15Br2N3S/c1-16-5-10-4-11(14)6-17-13(10)18(2)7-9-3-12(15)19-8-9/h3-4,6,8,16H,5,7H2,1-2H3. The molecule has 0 aliphatic rings. The summed E-state index contributed by atoms with van der Waals surface area (Å²) in [6, 6.07) is 4.26. The topological polar surface area (TPSA) is 28.2 Å². The quantitative estimate of drug-likeness (QED) is 0.815. The summed E-state index contributed by atoms with van der Waals surface area (Å²) in [5, 5.41) is 5.35. The first-order chi connectivity index (χ1) is 9.10. The van der Waals surface area contributed by atoms with E-state index in [0.29, 0.717) is 0 Å². The molecule has 0 atom stereocenters. The van der Waals surface area contributed by atoms with Crippen LogP contribution in [0.15, 0.2) is 32.0 Å². The Kier molecular flexibility index (Phi) is 5.38. The maximum atomic E-state index is 4.53. The van der Waals surface area contributed by atoms with Crippen molar-refractivity contribution in [2.75, 3.05) is 19.0 Å². The molecule has 0 aliphatic carbocycles. The summed E-state index contributed by atoms with van der Waals surface area (Å²) in [7, 11) is 4.02. The molecule has 0 unspecified atom stereocenters. The van der Waals surface area contributed by atoms with Crippen molar-refractivity contribution in [2.45, 2.75) is 13.1 Å². The van der Waals surface area contributed by atoms with Gasteiger partial charge in [-0.3, -0.25) is 0 Å². The van der Waals surface area contributed by atoms with Crippen LogP contribution in [0.3, 0.4) is 0 Å². The molecule has 1 N–H and O–H groups in total. The van der Waals surface area contributed by atoms with Crippen LogP contribution < -0.4 is 10.2 Å². The second-order valence-corrected chi connectivity index (χ2v) is 7.49. The van der Waals surface area contributed by atoms with Crippen molar-refractivity contribution in [3.05, 3.63) is 43.1 Å². The van der Waals surface area contributed by atoms with E-state index in [2.05, 4.69) is 71.6 Å². The van der Waals surface area contributed by atoms with Crippen molar-refractivity contribution in [1.82, 2.24) is 10.3 Å². The highest BCUT2D eigenvalue weighted by Crippen LogP contribution is 2.25. The summed E-state index contributed by atoms with van der Waals surface area (Å²) >= 11 is 8.68. The highest BCUT2D eigenvalue weighted by atomic mass is 79.9. The van der Waals surface area contributed by atoms with Crippen LogP contribution in [0.25, 0.3) is 0 Å². The number of hydrogen-bond donors (Lipinski definition) is 1. The summed E-state index contributed by atoms with van der Waals surface area (Å²) in [5.41, 5.74) is 2.48. The van der Waals surface area contributed by atoms with Crippen LogP contribution in [0.4, 0.5) is 5.82 Å². The highest BCUT2D eigenvalue weighted by molar-refractivity contribution is 9.11. The van der Waals surface area contributed by atoms with Gasteiger partial charge in [0.2, 0.25) is 0 Å². The van der Waals surface area contributed by atoms with Gasteiger partial charge in [0.05, 0.1) is 3.79 Å². The Morgan fingerprint density at radius 2 is 2.16 bits per heavy atom. The number of anilines is 1. The minimum atomic E-state index is 0.805.